The van der Waals surface area contributed by atoms with Crippen LogP contribution < -0.4 is 0 Å². The third kappa shape index (κ3) is 3.04. The molecule has 1 aromatic rings. The molecule has 1 saturated heterocycles. The maximum Gasteiger partial charge on any atom is 0.141 e. The Kier molecular flexibility index (Phi) is 4.51. The number of nitrogens with zero attached hydrogens (tertiary/aromatic N) is 4. The first kappa shape index (κ1) is 16.9. The fraction of sp³-hybridized carbons (Fsp3) is 0.882. The second-order valence-corrected chi connectivity index (χ2v) is 7.96. The van der Waals surface area contributed by atoms with Gasteiger partial charge in [-0.2, -0.15) is 5.10 Å². The molecule has 2 fully saturated rings. The largest absolute Gasteiger partial charge is 0.392 e. The normalized spacial score (nSPS) is 28.0. The van der Waals surface area contributed by atoms with Crippen molar-refractivity contribution in [3.8, 4) is 0 Å². The van der Waals surface area contributed by atoms with Crippen LogP contribution in [0.1, 0.15) is 52.8 Å². The van der Waals surface area contributed by atoms with Crippen molar-refractivity contribution in [2.75, 3.05) is 19.7 Å². The van der Waals surface area contributed by atoms with Gasteiger partial charge in [-0.1, -0.05) is 0 Å². The van der Waals surface area contributed by atoms with Gasteiger partial charge in [0.15, 0.2) is 0 Å². The summed E-state index contributed by atoms with van der Waals surface area (Å²) >= 11 is 0. The zero-order valence-electron chi connectivity index (χ0n) is 14.8. The van der Waals surface area contributed by atoms with Gasteiger partial charge < -0.3 is 9.84 Å². The summed E-state index contributed by atoms with van der Waals surface area (Å²) in [5.41, 5.74) is -0.0583. The van der Waals surface area contributed by atoms with Gasteiger partial charge in [0, 0.05) is 18.4 Å². The smallest absolute Gasteiger partial charge is 0.141 e. The zero-order chi connectivity index (χ0) is 16.7. The van der Waals surface area contributed by atoms with E-state index in [1.165, 1.54) is 0 Å². The van der Waals surface area contributed by atoms with Crippen LogP contribution in [0.15, 0.2) is 6.33 Å². The van der Waals surface area contributed by atoms with Gasteiger partial charge in [0.1, 0.15) is 12.2 Å². The van der Waals surface area contributed by atoms with E-state index in [0.29, 0.717) is 0 Å². The molecular formula is C17H30N4O2. The number of likely N-dealkylation sites (tertiary alicyclic amines) is 1. The quantitative estimate of drug-likeness (QED) is 0.915. The molecular weight excluding hydrogens is 292 g/mol. The highest BCUT2D eigenvalue weighted by atomic mass is 16.5. The first-order valence-electron chi connectivity index (χ1n) is 8.78. The van der Waals surface area contributed by atoms with Crippen LogP contribution in [-0.2, 0) is 16.8 Å². The fourth-order valence-corrected chi connectivity index (χ4v) is 4.08. The molecule has 6 nitrogen and oxygen atoms in total. The van der Waals surface area contributed by atoms with E-state index in [2.05, 4.69) is 35.8 Å². The van der Waals surface area contributed by atoms with Crippen LogP contribution in [-0.4, -0.2) is 56.7 Å². The topological polar surface area (TPSA) is 63.4 Å². The summed E-state index contributed by atoms with van der Waals surface area (Å²) in [5.74, 6) is 1.02. The summed E-state index contributed by atoms with van der Waals surface area (Å²) < 4.78 is 7.85. The van der Waals surface area contributed by atoms with Crippen molar-refractivity contribution in [1.82, 2.24) is 19.7 Å². The molecule has 1 saturated carbocycles. The average molecular weight is 322 g/mol. The average Bonchev–Trinajstić information content (AvgIpc) is 2.96. The highest BCUT2D eigenvalue weighted by Crippen LogP contribution is 2.51. The molecule has 2 atom stereocenters. The Bertz CT molecular complexity index is 527. The van der Waals surface area contributed by atoms with Crippen LogP contribution in [0.4, 0.5) is 0 Å². The number of piperidine rings is 1. The van der Waals surface area contributed by atoms with Crippen LogP contribution in [0.5, 0.6) is 0 Å². The third-order valence-corrected chi connectivity index (χ3v) is 5.52. The standard InChI is InChI=1S/C17H30N4O2/c1-5-23-14-10-13(22)17(14)6-8-20(9-7-17)11-15-18-12-19-21(15)16(2,3)4/h12-14,22H,5-11H2,1-4H3/t13-,14-/m0/s1. The monoisotopic (exact) mass is 322 g/mol. The maximum atomic E-state index is 10.3. The molecule has 0 amide bonds. The van der Waals surface area contributed by atoms with Crippen molar-refractivity contribution in [3.63, 3.8) is 0 Å². The predicted molar refractivity (Wildman–Crippen MR) is 88.0 cm³/mol. The predicted octanol–water partition coefficient (Wildman–Crippen LogP) is 1.78. The minimum atomic E-state index is -0.195. The van der Waals surface area contributed by atoms with Gasteiger partial charge in [-0.15, -0.1) is 0 Å². The maximum absolute atomic E-state index is 10.3. The Labute approximate surface area is 138 Å². The molecule has 0 unspecified atom stereocenters. The van der Waals surface area contributed by atoms with Crippen molar-refractivity contribution in [3.05, 3.63) is 12.2 Å². The molecule has 1 spiro atoms. The number of aliphatic hydroxyl groups is 1. The van der Waals surface area contributed by atoms with E-state index >= 15 is 0 Å². The van der Waals surface area contributed by atoms with Crippen molar-refractivity contribution in [2.24, 2.45) is 5.41 Å². The van der Waals surface area contributed by atoms with Gasteiger partial charge in [-0.25, -0.2) is 9.67 Å². The molecule has 0 bridgehead atoms. The summed E-state index contributed by atoms with van der Waals surface area (Å²) in [6.07, 6.45) is 4.49. The van der Waals surface area contributed by atoms with E-state index in [1.54, 1.807) is 6.33 Å². The van der Waals surface area contributed by atoms with Gasteiger partial charge in [0.05, 0.1) is 24.3 Å². The lowest BCUT2D eigenvalue weighted by molar-refractivity contribution is -0.210. The SMILES string of the molecule is CCO[C@H]1C[C@H](O)C12CCN(Cc1ncnn1C(C)(C)C)CC2. The lowest BCUT2D eigenvalue weighted by Gasteiger charge is -2.56. The van der Waals surface area contributed by atoms with Gasteiger partial charge in [0.2, 0.25) is 0 Å². The van der Waals surface area contributed by atoms with Crippen LogP contribution in [0.25, 0.3) is 0 Å². The molecule has 1 aliphatic heterocycles. The number of hydrogen-bond donors (Lipinski definition) is 1. The molecule has 1 N–H and O–H groups in total. The van der Waals surface area contributed by atoms with Gasteiger partial charge in [-0.05, 0) is 53.6 Å². The van der Waals surface area contributed by atoms with E-state index in [9.17, 15) is 5.11 Å². The Morgan fingerprint density at radius 2 is 2.04 bits per heavy atom. The highest BCUT2D eigenvalue weighted by molar-refractivity contribution is 5.07. The van der Waals surface area contributed by atoms with Crippen LogP contribution in [0.3, 0.4) is 0 Å². The van der Waals surface area contributed by atoms with Crippen LogP contribution in [0.2, 0.25) is 0 Å². The Morgan fingerprint density at radius 1 is 1.35 bits per heavy atom. The molecule has 0 aromatic carbocycles. The van der Waals surface area contributed by atoms with E-state index in [0.717, 1.165) is 51.3 Å². The minimum Gasteiger partial charge on any atom is -0.392 e. The fourth-order valence-electron chi connectivity index (χ4n) is 4.08. The Hall–Kier alpha value is -0.980. The van der Waals surface area contributed by atoms with E-state index in [1.807, 2.05) is 11.6 Å². The minimum absolute atomic E-state index is 0.00971. The number of aromatic nitrogens is 3. The van der Waals surface area contributed by atoms with Crippen molar-refractivity contribution >= 4 is 0 Å². The van der Waals surface area contributed by atoms with E-state index in [4.69, 9.17) is 4.74 Å². The second kappa shape index (κ2) is 6.15. The second-order valence-electron chi connectivity index (χ2n) is 7.96. The lowest BCUT2D eigenvalue weighted by Crippen LogP contribution is -2.62. The first-order valence-corrected chi connectivity index (χ1v) is 8.78. The molecule has 6 heteroatoms. The molecule has 0 radical (unpaired) electrons. The van der Waals surface area contributed by atoms with Gasteiger partial charge in [0.25, 0.3) is 0 Å². The summed E-state index contributed by atoms with van der Waals surface area (Å²) in [6.45, 7) is 12.0. The molecule has 23 heavy (non-hydrogen) atoms. The summed E-state index contributed by atoms with van der Waals surface area (Å²) in [4.78, 5) is 6.86. The molecule has 130 valence electrons. The third-order valence-electron chi connectivity index (χ3n) is 5.52. The van der Waals surface area contributed by atoms with Crippen molar-refractivity contribution in [2.45, 2.75) is 71.2 Å². The molecule has 1 aromatic heterocycles. The lowest BCUT2D eigenvalue weighted by atomic mass is 9.58. The Morgan fingerprint density at radius 3 is 2.61 bits per heavy atom. The Balaban J connectivity index is 1.61. The summed E-state index contributed by atoms with van der Waals surface area (Å²) in [5, 5.41) is 14.7. The summed E-state index contributed by atoms with van der Waals surface area (Å²) in [7, 11) is 0. The number of ether oxygens (including phenoxy) is 1. The number of aliphatic hydroxyl groups excluding tert-OH is 1. The van der Waals surface area contributed by atoms with Crippen molar-refractivity contribution in [1.29, 1.82) is 0 Å². The highest BCUT2D eigenvalue weighted by Gasteiger charge is 2.55. The van der Waals surface area contributed by atoms with Gasteiger partial charge >= 0.3 is 0 Å². The zero-order valence-corrected chi connectivity index (χ0v) is 14.8. The summed E-state index contributed by atoms with van der Waals surface area (Å²) in [6, 6.07) is 0. The molecule has 1 aliphatic carbocycles. The van der Waals surface area contributed by atoms with E-state index < -0.39 is 0 Å². The first-order chi connectivity index (χ1) is 10.9. The van der Waals surface area contributed by atoms with Crippen LogP contribution in [0, 0.1) is 5.41 Å². The molecule has 2 heterocycles. The number of rotatable bonds is 4. The molecule has 2 aliphatic rings. The van der Waals surface area contributed by atoms with Gasteiger partial charge in [-0.3, -0.25) is 4.90 Å². The molecule has 3 rings (SSSR count). The number of hydrogen-bond acceptors (Lipinski definition) is 5. The van der Waals surface area contributed by atoms with E-state index in [-0.39, 0.29) is 23.2 Å². The van der Waals surface area contributed by atoms with Crippen LogP contribution >= 0.6 is 0 Å². The van der Waals surface area contributed by atoms with Crippen molar-refractivity contribution < 1.29 is 9.84 Å².